The largest absolute Gasteiger partial charge is 0.507 e. The Bertz CT molecular complexity index is 458. The van der Waals surface area contributed by atoms with Gasteiger partial charge in [-0.05, 0) is 12.1 Å². The molecule has 0 saturated heterocycles. The van der Waals surface area contributed by atoms with Crippen molar-refractivity contribution < 1.29 is 32.6 Å². The van der Waals surface area contributed by atoms with Crippen LogP contribution in [0.3, 0.4) is 0 Å². The second-order valence-corrected chi connectivity index (χ2v) is 3.18. The lowest BCUT2D eigenvalue weighted by atomic mass is 10.0. The average Bonchev–Trinajstić information content (AvgIpc) is 2.15. The Labute approximate surface area is 92.3 Å². The molecule has 0 bridgehead atoms. The zero-order chi connectivity index (χ0) is 13.4. The van der Waals surface area contributed by atoms with E-state index in [1.54, 1.807) is 0 Å². The summed E-state index contributed by atoms with van der Waals surface area (Å²) in [4.78, 5) is 10.6. The minimum atomic E-state index is -4.99. The Balaban J connectivity index is 3.42. The number of rotatable bonds is 2. The molecular formula is C9H7F4NO3. The molecule has 1 atom stereocenters. The molecule has 0 amide bonds. The zero-order valence-corrected chi connectivity index (χ0v) is 8.12. The van der Waals surface area contributed by atoms with Crippen LogP contribution in [0.25, 0.3) is 0 Å². The van der Waals surface area contributed by atoms with Crippen molar-refractivity contribution in [1.29, 1.82) is 0 Å². The number of carbonyl (C=O) groups is 1. The van der Waals surface area contributed by atoms with Crippen molar-refractivity contribution in [3.05, 3.63) is 29.1 Å². The van der Waals surface area contributed by atoms with E-state index in [2.05, 4.69) is 0 Å². The van der Waals surface area contributed by atoms with E-state index in [1.165, 1.54) is 0 Å². The predicted molar refractivity (Wildman–Crippen MR) is 48.0 cm³/mol. The number of benzene rings is 1. The molecular weight excluding hydrogens is 246 g/mol. The summed E-state index contributed by atoms with van der Waals surface area (Å²) >= 11 is 0. The van der Waals surface area contributed by atoms with Gasteiger partial charge in [0.2, 0.25) is 0 Å². The maximum absolute atomic E-state index is 13.1. The first-order valence-corrected chi connectivity index (χ1v) is 4.23. The van der Waals surface area contributed by atoms with Gasteiger partial charge in [-0.2, -0.15) is 13.2 Å². The fourth-order valence-electron chi connectivity index (χ4n) is 1.22. The number of nitrogens with two attached hydrogens (primary N) is 1. The first-order valence-electron chi connectivity index (χ1n) is 4.23. The Morgan fingerprint density at radius 3 is 2.29 bits per heavy atom. The number of hydrogen-bond acceptors (Lipinski definition) is 3. The van der Waals surface area contributed by atoms with E-state index < -0.39 is 40.9 Å². The van der Waals surface area contributed by atoms with Crippen LogP contribution in [-0.4, -0.2) is 22.4 Å². The quantitative estimate of drug-likeness (QED) is 0.701. The lowest BCUT2D eigenvalue weighted by Crippen LogP contribution is -2.29. The predicted octanol–water partition coefficient (Wildman–Crippen LogP) is 1.79. The van der Waals surface area contributed by atoms with E-state index >= 15 is 0 Å². The normalized spacial score (nSPS) is 13.5. The molecule has 0 aliphatic heterocycles. The summed E-state index contributed by atoms with van der Waals surface area (Å²) in [6, 6.07) is -1.63. The number of aromatic hydroxyl groups is 1. The van der Waals surface area contributed by atoms with Gasteiger partial charge in [-0.15, -0.1) is 0 Å². The van der Waals surface area contributed by atoms with Gasteiger partial charge in [0.05, 0.1) is 5.56 Å². The third-order valence-corrected chi connectivity index (χ3v) is 2.06. The molecule has 8 heteroatoms. The van der Waals surface area contributed by atoms with Crippen molar-refractivity contribution in [2.24, 2.45) is 5.73 Å². The van der Waals surface area contributed by atoms with Crippen molar-refractivity contribution in [3.8, 4) is 5.75 Å². The third kappa shape index (κ3) is 2.47. The lowest BCUT2D eigenvalue weighted by molar-refractivity contribution is -0.150. The summed E-state index contributed by atoms with van der Waals surface area (Å²) in [5.41, 5.74) is 2.60. The van der Waals surface area contributed by atoms with Gasteiger partial charge in [0.25, 0.3) is 0 Å². The molecule has 17 heavy (non-hydrogen) atoms. The fraction of sp³-hybridized carbons (Fsp3) is 0.222. The standard InChI is InChI=1S/C9H7F4NO3/c10-4-2-1-3(8(16)17)6(15)5(4)7(14)9(11,12)13/h1-2,7,15H,14H2,(H,16,17)/t7-/m1/s1. The van der Waals surface area contributed by atoms with Crippen LogP contribution in [0.1, 0.15) is 22.0 Å². The molecule has 1 aromatic carbocycles. The number of carboxylic acids is 1. The van der Waals surface area contributed by atoms with Gasteiger partial charge in [-0.3, -0.25) is 0 Å². The maximum Gasteiger partial charge on any atom is 0.407 e. The Kier molecular flexibility index (Phi) is 3.28. The molecule has 0 aromatic heterocycles. The van der Waals surface area contributed by atoms with E-state index in [1.807, 2.05) is 0 Å². The second-order valence-electron chi connectivity index (χ2n) is 3.18. The second kappa shape index (κ2) is 4.21. The number of carboxylic acid groups (broad SMARTS) is 1. The van der Waals surface area contributed by atoms with Crippen LogP contribution in [0.15, 0.2) is 12.1 Å². The zero-order valence-electron chi connectivity index (χ0n) is 8.12. The van der Waals surface area contributed by atoms with Crippen molar-refractivity contribution in [1.82, 2.24) is 0 Å². The van der Waals surface area contributed by atoms with Crippen LogP contribution in [0.4, 0.5) is 17.6 Å². The van der Waals surface area contributed by atoms with Crippen LogP contribution < -0.4 is 5.73 Å². The average molecular weight is 253 g/mol. The van der Waals surface area contributed by atoms with Crippen molar-refractivity contribution in [2.45, 2.75) is 12.2 Å². The molecule has 0 fully saturated rings. The fourth-order valence-corrected chi connectivity index (χ4v) is 1.22. The molecule has 0 spiro atoms. The van der Waals surface area contributed by atoms with Crippen molar-refractivity contribution in [3.63, 3.8) is 0 Å². The summed E-state index contributed by atoms with van der Waals surface area (Å²) in [7, 11) is 0. The molecule has 94 valence electrons. The maximum atomic E-state index is 13.1. The molecule has 4 N–H and O–H groups in total. The van der Waals surface area contributed by atoms with Gasteiger partial charge in [-0.25, -0.2) is 9.18 Å². The number of aromatic carboxylic acids is 1. The molecule has 0 radical (unpaired) electrons. The van der Waals surface area contributed by atoms with Crippen LogP contribution in [0.2, 0.25) is 0 Å². The minimum absolute atomic E-state index is 0.504. The topological polar surface area (TPSA) is 83.6 Å². The SMILES string of the molecule is N[C@H](c1c(F)ccc(C(=O)O)c1O)C(F)(F)F. The summed E-state index contributed by atoms with van der Waals surface area (Å²) in [6.45, 7) is 0. The minimum Gasteiger partial charge on any atom is -0.507 e. The first-order chi connectivity index (χ1) is 7.66. The van der Waals surface area contributed by atoms with Gasteiger partial charge >= 0.3 is 12.1 Å². The van der Waals surface area contributed by atoms with Crippen LogP contribution in [0, 0.1) is 5.82 Å². The summed E-state index contributed by atoms with van der Waals surface area (Å²) < 4.78 is 50.0. The molecule has 0 unspecified atom stereocenters. The molecule has 1 aromatic rings. The highest BCUT2D eigenvalue weighted by Gasteiger charge is 2.41. The lowest BCUT2D eigenvalue weighted by Gasteiger charge is -2.18. The van der Waals surface area contributed by atoms with Gasteiger partial charge in [-0.1, -0.05) is 0 Å². The van der Waals surface area contributed by atoms with E-state index in [-0.39, 0.29) is 0 Å². The highest BCUT2D eigenvalue weighted by molar-refractivity contribution is 5.91. The number of halogens is 4. The van der Waals surface area contributed by atoms with E-state index in [4.69, 9.17) is 10.8 Å². The van der Waals surface area contributed by atoms with Crippen molar-refractivity contribution in [2.75, 3.05) is 0 Å². The van der Waals surface area contributed by atoms with Gasteiger partial charge in [0.1, 0.15) is 23.2 Å². The Hall–Kier alpha value is -1.83. The molecule has 4 nitrogen and oxygen atoms in total. The molecule has 0 heterocycles. The summed E-state index contributed by atoms with van der Waals surface area (Å²) in [5, 5.41) is 17.8. The molecule has 0 aliphatic carbocycles. The van der Waals surface area contributed by atoms with Crippen LogP contribution >= 0.6 is 0 Å². The van der Waals surface area contributed by atoms with E-state index in [0.717, 1.165) is 0 Å². The first kappa shape index (κ1) is 13.2. The molecule has 1 rings (SSSR count). The Morgan fingerprint density at radius 1 is 1.35 bits per heavy atom. The smallest absolute Gasteiger partial charge is 0.407 e. The number of alkyl halides is 3. The van der Waals surface area contributed by atoms with Gasteiger partial charge < -0.3 is 15.9 Å². The summed E-state index contributed by atoms with van der Waals surface area (Å²) in [5.74, 6) is -4.42. The Morgan fingerprint density at radius 2 is 1.88 bits per heavy atom. The third-order valence-electron chi connectivity index (χ3n) is 2.06. The highest BCUT2D eigenvalue weighted by atomic mass is 19.4. The highest BCUT2D eigenvalue weighted by Crippen LogP contribution is 2.38. The van der Waals surface area contributed by atoms with Crippen molar-refractivity contribution >= 4 is 5.97 Å². The number of phenols is 1. The summed E-state index contributed by atoms with van der Waals surface area (Å²) in [6.07, 6.45) is -4.99. The molecule has 0 aliphatic rings. The van der Waals surface area contributed by atoms with Crippen LogP contribution in [0.5, 0.6) is 5.75 Å². The van der Waals surface area contributed by atoms with Gasteiger partial charge in [0.15, 0.2) is 0 Å². The van der Waals surface area contributed by atoms with Crippen LogP contribution in [-0.2, 0) is 0 Å². The van der Waals surface area contributed by atoms with Gasteiger partial charge in [0, 0.05) is 0 Å². The van der Waals surface area contributed by atoms with E-state index in [0.29, 0.717) is 12.1 Å². The molecule has 0 saturated carbocycles. The monoisotopic (exact) mass is 253 g/mol. The van der Waals surface area contributed by atoms with E-state index in [9.17, 15) is 27.5 Å². The number of hydrogen-bond donors (Lipinski definition) is 3.